The predicted molar refractivity (Wildman–Crippen MR) is 113 cm³/mol. The van der Waals surface area contributed by atoms with E-state index in [-0.39, 0.29) is 24.3 Å². The van der Waals surface area contributed by atoms with Crippen molar-refractivity contribution in [2.45, 2.75) is 12.7 Å². The number of amides is 1. The highest BCUT2D eigenvalue weighted by atomic mass is 32.2. The molecule has 9 heteroatoms. The minimum absolute atomic E-state index is 0.0487. The predicted octanol–water partition coefficient (Wildman–Crippen LogP) is 4.27. The second kappa shape index (κ2) is 9.50. The standard InChI is InChI=1S/C22H18N2O6S/c1-23-21(25)19-10-18(8-9-24-19)28-16-5-2-14(3-6-16)12-27-22(26)29-17-7-4-15-13-31-30-20(15)11-17/h2-11,13,20H,12H2,1H3,(H,23,25). The molecule has 1 N–H and O–H groups in total. The number of carbonyl (C=O) groups is 2. The van der Waals surface area contributed by atoms with Gasteiger partial charge in [0.25, 0.3) is 5.91 Å². The molecule has 0 saturated carbocycles. The van der Waals surface area contributed by atoms with Crippen molar-refractivity contribution in [2.24, 2.45) is 0 Å². The smallest absolute Gasteiger partial charge is 0.457 e. The number of carbonyl (C=O) groups excluding carboxylic acids is 2. The van der Waals surface area contributed by atoms with Crippen LogP contribution in [0.5, 0.6) is 11.5 Å². The number of pyridine rings is 1. The maximum atomic E-state index is 12.0. The first-order valence-electron chi connectivity index (χ1n) is 9.32. The number of hydrogen-bond acceptors (Lipinski definition) is 8. The second-order valence-electron chi connectivity index (χ2n) is 6.48. The Morgan fingerprint density at radius 2 is 2.00 bits per heavy atom. The van der Waals surface area contributed by atoms with Crippen LogP contribution >= 0.6 is 12.0 Å². The summed E-state index contributed by atoms with van der Waals surface area (Å²) in [6, 6.07) is 10.2. The van der Waals surface area contributed by atoms with Crippen LogP contribution in [0.25, 0.3) is 0 Å². The average molecular weight is 438 g/mol. The van der Waals surface area contributed by atoms with Gasteiger partial charge in [-0.2, -0.15) is 0 Å². The fourth-order valence-electron chi connectivity index (χ4n) is 2.76. The van der Waals surface area contributed by atoms with Gasteiger partial charge in [0.1, 0.15) is 35.7 Å². The fraction of sp³-hybridized carbons (Fsp3) is 0.136. The third-order valence-corrected chi connectivity index (χ3v) is 5.02. The molecule has 1 aromatic carbocycles. The van der Waals surface area contributed by atoms with Crippen LogP contribution in [0.15, 0.2) is 77.6 Å². The van der Waals surface area contributed by atoms with E-state index < -0.39 is 6.16 Å². The highest BCUT2D eigenvalue weighted by molar-refractivity contribution is 7.97. The lowest BCUT2D eigenvalue weighted by atomic mass is 10.1. The summed E-state index contributed by atoms with van der Waals surface area (Å²) < 4.78 is 21.5. The maximum absolute atomic E-state index is 12.0. The molecule has 0 saturated heterocycles. The van der Waals surface area contributed by atoms with Crippen molar-refractivity contribution in [3.05, 3.63) is 88.8 Å². The van der Waals surface area contributed by atoms with Gasteiger partial charge in [-0.05, 0) is 41.5 Å². The van der Waals surface area contributed by atoms with Crippen LogP contribution in [0, 0.1) is 0 Å². The van der Waals surface area contributed by atoms with Crippen molar-refractivity contribution in [2.75, 3.05) is 7.05 Å². The summed E-state index contributed by atoms with van der Waals surface area (Å²) in [5.74, 6) is 1.14. The monoisotopic (exact) mass is 438 g/mol. The molecule has 2 aliphatic rings. The molecule has 1 aliphatic carbocycles. The number of benzene rings is 1. The van der Waals surface area contributed by atoms with Crippen LogP contribution in [0.3, 0.4) is 0 Å². The Morgan fingerprint density at radius 1 is 1.16 bits per heavy atom. The van der Waals surface area contributed by atoms with Crippen LogP contribution in [-0.4, -0.2) is 30.2 Å². The summed E-state index contributed by atoms with van der Waals surface area (Å²) >= 11 is 1.25. The van der Waals surface area contributed by atoms with Crippen molar-refractivity contribution in [1.82, 2.24) is 10.3 Å². The van der Waals surface area contributed by atoms with Gasteiger partial charge in [-0.25, -0.2) is 4.79 Å². The first-order valence-corrected chi connectivity index (χ1v) is 10.1. The molecule has 1 atom stereocenters. The van der Waals surface area contributed by atoms with Crippen LogP contribution < -0.4 is 10.1 Å². The van der Waals surface area contributed by atoms with Crippen molar-refractivity contribution in [3.63, 3.8) is 0 Å². The Bertz CT molecular complexity index is 1080. The number of rotatable bonds is 6. The van der Waals surface area contributed by atoms with Crippen molar-refractivity contribution in [3.8, 4) is 11.5 Å². The largest absolute Gasteiger partial charge is 0.514 e. The molecule has 0 spiro atoms. The molecule has 158 valence electrons. The molecule has 2 heterocycles. The number of ether oxygens (including phenoxy) is 3. The second-order valence-corrected chi connectivity index (χ2v) is 7.10. The maximum Gasteiger partial charge on any atom is 0.514 e. The molecular weight excluding hydrogens is 420 g/mol. The lowest BCUT2D eigenvalue weighted by Gasteiger charge is -2.13. The zero-order valence-electron chi connectivity index (χ0n) is 16.4. The zero-order valence-corrected chi connectivity index (χ0v) is 17.3. The average Bonchev–Trinajstić information content (AvgIpc) is 3.26. The SMILES string of the molecule is CNC(=O)c1cc(Oc2ccc(COC(=O)OC3=CC4OSC=C4C=C3)cc2)ccn1. The number of aromatic nitrogens is 1. The summed E-state index contributed by atoms with van der Waals surface area (Å²) in [5, 5.41) is 4.41. The Labute approximate surface area is 182 Å². The van der Waals surface area contributed by atoms with Gasteiger partial charge in [0.05, 0.1) is 0 Å². The summed E-state index contributed by atoms with van der Waals surface area (Å²) in [7, 11) is 1.53. The molecule has 31 heavy (non-hydrogen) atoms. The van der Waals surface area contributed by atoms with Gasteiger partial charge in [0, 0.05) is 36.8 Å². The van der Waals surface area contributed by atoms with E-state index in [0.29, 0.717) is 17.3 Å². The number of allylic oxidation sites excluding steroid dienone is 1. The highest BCUT2D eigenvalue weighted by Crippen LogP contribution is 2.32. The molecule has 0 bridgehead atoms. The van der Waals surface area contributed by atoms with Gasteiger partial charge in [0.2, 0.25) is 0 Å². The molecule has 2 aromatic rings. The molecule has 0 fully saturated rings. The Hall–Kier alpha value is -3.56. The molecule has 1 unspecified atom stereocenters. The van der Waals surface area contributed by atoms with E-state index in [1.54, 1.807) is 48.6 Å². The van der Waals surface area contributed by atoms with Crippen LogP contribution in [0.2, 0.25) is 0 Å². The van der Waals surface area contributed by atoms with Crippen LogP contribution in [0.1, 0.15) is 16.1 Å². The van der Waals surface area contributed by atoms with E-state index in [0.717, 1.165) is 11.1 Å². The quantitative estimate of drug-likeness (QED) is 0.528. The van der Waals surface area contributed by atoms with E-state index in [2.05, 4.69) is 10.3 Å². The Morgan fingerprint density at radius 3 is 2.81 bits per heavy atom. The molecule has 1 aliphatic heterocycles. The lowest BCUT2D eigenvalue weighted by molar-refractivity contribution is 0.0728. The van der Waals surface area contributed by atoms with Crippen LogP contribution in [-0.2, 0) is 20.3 Å². The third kappa shape index (κ3) is 5.33. The molecule has 0 radical (unpaired) electrons. The fourth-order valence-corrected chi connectivity index (χ4v) is 3.43. The van der Waals surface area contributed by atoms with Gasteiger partial charge in [-0.15, -0.1) is 0 Å². The number of nitrogens with one attached hydrogen (secondary N) is 1. The first kappa shape index (κ1) is 20.7. The van der Waals surface area contributed by atoms with Gasteiger partial charge in [0.15, 0.2) is 0 Å². The Balaban J connectivity index is 1.28. The number of nitrogens with zero attached hydrogens (tertiary/aromatic N) is 1. The van der Waals surface area contributed by atoms with Gasteiger partial charge in [-0.3, -0.25) is 14.0 Å². The van der Waals surface area contributed by atoms with Gasteiger partial charge in [-0.1, -0.05) is 18.2 Å². The molecule has 1 aromatic heterocycles. The minimum atomic E-state index is -0.798. The topological polar surface area (TPSA) is 96.0 Å². The zero-order chi connectivity index (χ0) is 21.6. The van der Waals surface area contributed by atoms with Crippen molar-refractivity contribution >= 4 is 24.1 Å². The lowest BCUT2D eigenvalue weighted by Crippen LogP contribution is -2.18. The number of fused-ring (bicyclic) bond motifs is 1. The molecule has 4 rings (SSSR count). The highest BCUT2D eigenvalue weighted by Gasteiger charge is 2.22. The summed E-state index contributed by atoms with van der Waals surface area (Å²) in [6.45, 7) is 0.0487. The van der Waals surface area contributed by atoms with Crippen molar-refractivity contribution in [1.29, 1.82) is 0 Å². The Kier molecular flexibility index (Phi) is 6.34. The van der Waals surface area contributed by atoms with Crippen LogP contribution in [0.4, 0.5) is 4.79 Å². The molecule has 8 nitrogen and oxygen atoms in total. The normalized spacial score (nSPS) is 16.6. The van der Waals surface area contributed by atoms with Gasteiger partial charge < -0.3 is 19.5 Å². The van der Waals surface area contributed by atoms with E-state index in [4.69, 9.17) is 18.4 Å². The third-order valence-electron chi connectivity index (χ3n) is 4.34. The molecular formula is C22H18N2O6S. The van der Waals surface area contributed by atoms with E-state index >= 15 is 0 Å². The minimum Gasteiger partial charge on any atom is -0.457 e. The van der Waals surface area contributed by atoms with E-state index in [9.17, 15) is 9.59 Å². The van der Waals surface area contributed by atoms with E-state index in [1.165, 1.54) is 25.3 Å². The van der Waals surface area contributed by atoms with Crippen molar-refractivity contribution < 1.29 is 28.0 Å². The van der Waals surface area contributed by atoms with Gasteiger partial charge >= 0.3 is 6.16 Å². The first-order chi connectivity index (χ1) is 15.1. The van der Waals surface area contributed by atoms with E-state index in [1.807, 2.05) is 11.5 Å². The number of hydrogen-bond donors (Lipinski definition) is 1. The summed E-state index contributed by atoms with van der Waals surface area (Å²) in [4.78, 5) is 27.6. The summed E-state index contributed by atoms with van der Waals surface area (Å²) in [5.41, 5.74) is 2.04. The summed E-state index contributed by atoms with van der Waals surface area (Å²) in [6.07, 6.45) is 5.74. The molecule has 1 amide bonds.